The van der Waals surface area contributed by atoms with E-state index in [0.29, 0.717) is 5.92 Å². The first-order valence-corrected chi connectivity index (χ1v) is 19.0. The zero-order valence-corrected chi connectivity index (χ0v) is 30.3. The van der Waals surface area contributed by atoms with Gasteiger partial charge in [0.1, 0.15) is 0 Å². The number of fused-ring (bicyclic) bond motifs is 6. The third-order valence-electron chi connectivity index (χ3n) is 11.9. The first-order valence-electron chi connectivity index (χ1n) is 19.0. The number of nitrogens with zero attached hydrogens (tertiary/aromatic N) is 2. The Hall–Kier alpha value is -6.12. The number of hydrogen-bond donors (Lipinski definition) is 0. The maximum atomic E-state index is 2.48. The second-order valence-electron chi connectivity index (χ2n) is 15.2. The Bertz CT molecular complexity index is 2580. The number of aromatic nitrogens is 1. The second-order valence-corrected chi connectivity index (χ2v) is 15.2. The normalized spacial score (nSPS) is 16.9. The largest absolute Gasteiger partial charge is 0.313 e. The molecule has 53 heavy (non-hydrogen) atoms. The standard InChI is InChI=1S/C51H42N2/c1-51(2)47-19-11-9-17-43(47)44-31-30-42(34-48(44)51)52(39-15-7-4-8-16-39)40-26-23-37(24-27-40)38-25-32-50-46(33-38)45-18-10-12-20-49(45)53(50)41-28-21-36(22-29-41)35-13-5-3-6-14-35/h3-24,26-30,33-34,44H,25,31-32H2,1-2H3. The molecule has 1 atom stereocenters. The highest BCUT2D eigenvalue weighted by atomic mass is 15.1. The van der Waals surface area contributed by atoms with Crippen molar-refractivity contribution in [2.45, 2.75) is 44.4 Å². The van der Waals surface area contributed by atoms with Crippen LogP contribution in [-0.2, 0) is 11.8 Å². The molecule has 0 bridgehead atoms. The summed E-state index contributed by atoms with van der Waals surface area (Å²) in [4.78, 5) is 2.44. The topological polar surface area (TPSA) is 8.17 Å². The molecule has 2 heteroatoms. The zero-order valence-electron chi connectivity index (χ0n) is 30.3. The van der Waals surface area contributed by atoms with E-state index in [2.05, 4.69) is 199 Å². The fraction of sp³-hybridized carbons (Fsp3) is 0.137. The molecule has 3 aliphatic carbocycles. The molecule has 0 N–H and O–H groups in total. The van der Waals surface area contributed by atoms with Crippen LogP contribution >= 0.6 is 0 Å². The minimum atomic E-state index is 0.00797. The van der Waals surface area contributed by atoms with Crippen LogP contribution in [0.25, 0.3) is 39.4 Å². The van der Waals surface area contributed by atoms with E-state index in [1.54, 1.807) is 0 Å². The number of anilines is 2. The summed E-state index contributed by atoms with van der Waals surface area (Å²) in [6.07, 6.45) is 10.4. The molecule has 1 aromatic heterocycles. The smallest absolute Gasteiger partial charge is 0.0537 e. The first-order chi connectivity index (χ1) is 26.0. The Morgan fingerprint density at radius 1 is 0.585 bits per heavy atom. The Morgan fingerprint density at radius 3 is 2.02 bits per heavy atom. The van der Waals surface area contributed by atoms with Crippen LogP contribution in [0.3, 0.4) is 0 Å². The van der Waals surface area contributed by atoms with E-state index < -0.39 is 0 Å². The lowest BCUT2D eigenvalue weighted by atomic mass is 9.78. The van der Waals surface area contributed by atoms with E-state index in [1.807, 2.05) is 0 Å². The van der Waals surface area contributed by atoms with Crippen LogP contribution in [0.1, 0.15) is 60.6 Å². The van der Waals surface area contributed by atoms with Crippen molar-refractivity contribution in [1.82, 2.24) is 4.57 Å². The van der Waals surface area contributed by atoms with E-state index in [1.165, 1.54) is 83.9 Å². The molecule has 0 radical (unpaired) electrons. The van der Waals surface area contributed by atoms with Gasteiger partial charge >= 0.3 is 0 Å². The Morgan fingerprint density at radius 2 is 1.23 bits per heavy atom. The van der Waals surface area contributed by atoms with E-state index >= 15 is 0 Å². The molecule has 0 saturated heterocycles. The molecule has 0 spiro atoms. The molecule has 2 nitrogen and oxygen atoms in total. The molecule has 1 heterocycles. The van der Waals surface area contributed by atoms with Crippen LogP contribution in [0.4, 0.5) is 11.4 Å². The monoisotopic (exact) mass is 682 g/mol. The van der Waals surface area contributed by atoms with Gasteiger partial charge in [-0.05, 0) is 107 Å². The summed E-state index contributed by atoms with van der Waals surface area (Å²) < 4.78 is 2.48. The first kappa shape index (κ1) is 31.6. The Kier molecular flexibility index (Phi) is 7.47. The van der Waals surface area contributed by atoms with Gasteiger partial charge in [-0.2, -0.15) is 0 Å². The van der Waals surface area contributed by atoms with Crippen LogP contribution in [0.5, 0.6) is 0 Å². The highest BCUT2D eigenvalue weighted by molar-refractivity contribution is 5.99. The SMILES string of the molecule is CC1(C)C2=CC(N(c3ccccc3)c3ccc(C4=Cc5c(n(-c6ccc(-c7ccccc7)cc6)c6ccccc56)CC4)cc3)=CCC2c2ccccc21. The predicted molar refractivity (Wildman–Crippen MR) is 223 cm³/mol. The van der Waals surface area contributed by atoms with Crippen LogP contribution in [-0.4, -0.2) is 4.57 Å². The number of rotatable bonds is 6. The van der Waals surface area contributed by atoms with Gasteiger partial charge in [0, 0.05) is 50.7 Å². The maximum absolute atomic E-state index is 2.48. The third-order valence-corrected chi connectivity index (χ3v) is 11.9. The van der Waals surface area contributed by atoms with Crippen molar-refractivity contribution in [3.8, 4) is 16.8 Å². The molecular weight excluding hydrogens is 641 g/mol. The third kappa shape index (κ3) is 5.24. The molecule has 0 amide bonds. The average molecular weight is 683 g/mol. The molecule has 10 rings (SSSR count). The van der Waals surface area contributed by atoms with Crippen molar-refractivity contribution >= 4 is 33.9 Å². The van der Waals surface area contributed by atoms with Crippen molar-refractivity contribution in [1.29, 1.82) is 0 Å². The lowest BCUT2D eigenvalue weighted by Crippen LogP contribution is -2.22. The number of benzene rings is 6. The summed E-state index contributed by atoms with van der Waals surface area (Å²) in [5.41, 5.74) is 18.5. The van der Waals surface area contributed by atoms with E-state index in [-0.39, 0.29) is 5.41 Å². The minimum Gasteiger partial charge on any atom is -0.313 e. The highest BCUT2D eigenvalue weighted by Crippen LogP contribution is 2.54. The number of hydrogen-bond acceptors (Lipinski definition) is 1. The predicted octanol–water partition coefficient (Wildman–Crippen LogP) is 13.2. The maximum Gasteiger partial charge on any atom is 0.0537 e. The van der Waals surface area contributed by atoms with Crippen molar-refractivity contribution in [3.05, 3.63) is 209 Å². The number of allylic oxidation sites excluding steroid dienone is 4. The number of para-hydroxylation sites is 2. The average Bonchev–Trinajstić information content (AvgIpc) is 3.67. The van der Waals surface area contributed by atoms with Crippen molar-refractivity contribution in [3.63, 3.8) is 0 Å². The molecule has 0 saturated carbocycles. The lowest BCUT2D eigenvalue weighted by Gasteiger charge is -2.33. The van der Waals surface area contributed by atoms with Crippen molar-refractivity contribution in [2.75, 3.05) is 4.90 Å². The summed E-state index contributed by atoms with van der Waals surface area (Å²) in [5, 5.41) is 1.31. The summed E-state index contributed by atoms with van der Waals surface area (Å²) >= 11 is 0. The van der Waals surface area contributed by atoms with Gasteiger partial charge in [-0.25, -0.2) is 0 Å². The van der Waals surface area contributed by atoms with Gasteiger partial charge in [0.2, 0.25) is 0 Å². The molecule has 0 fully saturated rings. The molecule has 7 aromatic rings. The fourth-order valence-electron chi connectivity index (χ4n) is 9.31. The van der Waals surface area contributed by atoms with Crippen LogP contribution < -0.4 is 4.90 Å². The van der Waals surface area contributed by atoms with Gasteiger partial charge in [0.25, 0.3) is 0 Å². The highest BCUT2D eigenvalue weighted by Gasteiger charge is 2.42. The van der Waals surface area contributed by atoms with Gasteiger partial charge in [-0.3, -0.25) is 0 Å². The van der Waals surface area contributed by atoms with E-state index in [9.17, 15) is 0 Å². The van der Waals surface area contributed by atoms with Gasteiger partial charge in [-0.15, -0.1) is 0 Å². The summed E-state index contributed by atoms with van der Waals surface area (Å²) in [6.45, 7) is 4.79. The summed E-state index contributed by atoms with van der Waals surface area (Å²) in [7, 11) is 0. The van der Waals surface area contributed by atoms with E-state index in [0.717, 1.165) is 19.3 Å². The van der Waals surface area contributed by atoms with Crippen LogP contribution in [0.15, 0.2) is 181 Å². The van der Waals surface area contributed by atoms with Crippen LogP contribution in [0, 0.1) is 0 Å². The molecule has 1 unspecified atom stereocenters. The van der Waals surface area contributed by atoms with Gasteiger partial charge in [-0.1, -0.05) is 141 Å². The van der Waals surface area contributed by atoms with Crippen LogP contribution in [0.2, 0.25) is 0 Å². The molecule has 3 aliphatic rings. The summed E-state index contributed by atoms with van der Waals surface area (Å²) in [5.74, 6) is 0.452. The molecule has 6 aromatic carbocycles. The Labute approximate surface area is 312 Å². The molecule has 256 valence electrons. The minimum absolute atomic E-state index is 0.00797. The Balaban J connectivity index is 0.994. The molecule has 0 aliphatic heterocycles. The van der Waals surface area contributed by atoms with Crippen molar-refractivity contribution < 1.29 is 0 Å². The van der Waals surface area contributed by atoms with Gasteiger partial charge in [0.15, 0.2) is 0 Å². The van der Waals surface area contributed by atoms with Crippen molar-refractivity contribution in [2.24, 2.45) is 0 Å². The van der Waals surface area contributed by atoms with Gasteiger partial charge < -0.3 is 9.47 Å². The fourth-order valence-corrected chi connectivity index (χ4v) is 9.31. The van der Waals surface area contributed by atoms with Gasteiger partial charge in [0.05, 0.1) is 5.52 Å². The second kappa shape index (κ2) is 12.5. The zero-order chi connectivity index (χ0) is 35.5. The molecular formula is C51H42N2. The van der Waals surface area contributed by atoms with E-state index in [4.69, 9.17) is 0 Å². The quantitative estimate of drug-likeness (QED) is 0.169. The summed E-state index contributed by atoms with van der Waals surface area (Å²) in [6, 6.07) is 57.7. The lowest BCUT2D eigenvalue weighted by molar-refractivity contribution is 0.609.